The summed E-state index contributed by atoms with van der Waals surface area (Å²) in [6.45, 7) is 1.49. The largest absolute Gasteiger partial charge is 0.338 e. The van der Waals surface area contributed by atoms with Gasteiger partial charge in [-0.1, -0.05) is 0 Å². The Hall–Kier alpha value is -0.970. The van der Waals surface area contributed by atoms with Crippen molar-refractivity contribution < 1.29 is 9.18 Å². The van der Waals surface area contributed by atoms with Crippen LogP contribution in [0.3, 0.4) is 0 Å². The van der Waals surface area contributed by atoms with Gasteiger partial charge in [-0.25, -0.2) is 9.37 Å². The number of hydrogen-bond acceptors (Lipinski definition) is 3. The molecule has 0 bridgehead atoms. The third-order valence-electron chi connectivity index (χ3n) is 2.96. The Morgan fingerprint density at radius 3 is 2.88 bits per heavy atom. The highest BCUT2D eigenvalue weighted by Gasteiger charge is 2.25. The van der Waals surface area contributed by atoms with Crippen molar-refractivity contribution >= 4 is 17.2 Å². The first-order chi connectivity index (χ1) is 8.11. The second-order valence-corrected chi connectivity index (χ2v) is 5.67. The van der Waals surface area contributed by atoms with Gasteiger partial charge in [0.05, 0.1) is 10.7 Å². The van der Waals surface area contributed by atoms with E-state index in [0.717, 1.165) is 23.0 Å². The van der Waals surface area contributed by atoms with Crippen LogP contribution in [0.5, 0.6) is 0 Å². The van der Waals surface area contributed by atoms with E-state index in [4.69, 9.17) is 0 Å². The van der Waals surface area contributed by atoms with Gasteiger partial charge in [-0.05, 0) is 25.7 Å². The Bertz CT molecular complexity index is 415. The second-order valence-electron chi connectivity index (χ2n) is 4.59. The SMILES string of the molecule is Cc1nc(CC2CC2)sc1C(=O)N(C)CCF. The predicted molar refractivity (Wildman–Crippen MR) is 66.2 cm³/mol. The van der Waals surface area contributed by atoms with Crippen LogP contribution in [0.15, 0.2) is 0 Å². The van der Waals surface area contributed by atoms with Crippen molar-refractivity contribution in [2.75, 3.05) is 20.3 Å². The molecule has 1 amide bonds. The number of thiazole rings is 1. The molecule has 3 nitrogen and oxygen atoms in total. The number of carbonyl (C=O) groups excluding carboxylic acids is 1. The van der Waals surface area contributed by atoms with Gasteiger partial charge in [0.1, 0.15) is 11.6 Å². The predicted octanol–water partition coefficient (Wildman–Crippen LogP) is 2.45. The molecule has 1 aliphatic rings. The van der Waals surface area contributed by atoms with E-state index in [2.05, 4.69) is 4.98 Å². The van der Waals surface area contributed by atoms with Gasteiger partial charge in [0, 0.05) is 20.0 Å². The highest BCUT2D eigenvalue weighted by Crippen LogP contribution is 2.34. The van der Waals surface area contributed by atoms with Crippen molar-refractivity contribution in [2.24, 2.45) is 5.92 Å². The monoisotopic (exact) mass is 256 g/mol. The maximum Gasteiger partial charge on any atom is 0.265 e. The van der Waals surface area contributed by atoms with Crippen LogP contribution in [-0.4, -0.2) is 36.1 Å². The molecule has 0 radical (unpaired) electrons. The molecule has 0 aromatic carbocycles. The summed E-state index contributed by atoms with van der Waals surface area (Å²) in [5.74, 6) is 0.659. The maximum atomic E-state index is 12.2. The molecule has 0 spiro atoms. The summed E-state index contributed by atoms with van der Waals surface area (Å²) in [4.78, 5) is 18.5. The van der Waals surface area contributed by atoms with E-state index in [1.807, 2.05) is 6.92 Å². The lowest BCUT2D eigenvalue weighted by Gasteiger charge is -2.13. The van der Waals surface area contributed by atoms with Crippen molar-refractivity contribution in [1.82, 2.24) is 9.88 Å². The fourth-order valence-electron chi connectivity index (χ4n) is 1.71. The van der Waals surface area contributed by atoms with Crippen molar-refractivity contribution in [3.63, 3.8) is 0 Å². The molecule has 1 aromatic heterocycles. The zero-order chi connectivity index (χ0) is 12.4. The van der Waals surface area contributed by atoms with E-state index in [9.17, 15) is 9.18 Å². The smallest absolute Gasteiger partial charge is 0.265 e. The Kier molecular flexibility index (Phi) is 3.76. The van der Waals surface area contributed by atoms with E-state index in [-0.39, 0.29) is 12.5 Å². The number of rotatable bonds is 5. The lowest BCUT2D eigenvalue weighted by molar-refractivity contribution is 0.0790. The molecule has 1 aliphatic carbocycles. The van der Waals surface area contributed by atoms with Gasteiger partial charge in [-0.15, -0.1) is 11.3 Å². The molecule has 0 N–H and O–H groups in total. The summed E-state index contributed by atoms with van der Waals surface area (Å²) in [5.41, 5.74) is 0.779. The topological polar surface area (TPSA) is 33.2 Å². The summed E-state index contributed by atoms with van der Waals surface area (Å²) in [6, 6.07) is 0. The average molecular weight is 256 g/mol. The summed E-state index contributed by atoms with van der Waals surface area (Å²) in [5, 5.41) is 1.04. The lowest BCUT2D eigenvalue weighted by atomic mass is 10.3. The number of halogens is 1. The van der Waals surface area contributed by atoms with Crippen LogP contribution in [-0.2, 0) is 6.42 Å². The molecule has 1 saturated carbocycles. The van der Waals surface area contributed by atoms with Crippen LogP contribution in [0.1, 0.15) is 33.2 Å². The zero-order valence-electron chi connectivity index (χ0n) is 10.2. The molecular formula is C12H17FN2OS. The number of nitrogens with zero attached hydrogens (tertiary/aromatic N) is 2. The molecule has 5 heteroatoms. The number of alkyl halides is 1. The zero-order valence-corrected chi connectivity index (χ0v) is 11.0. The Labute approximate surface area is 105 Å². The Morgan fingerprint density at radius 2 is 2.29 bits per heavy atom. The van der Waals surface area contributed by atoms with Gasteiger partial charge in [-0.3, -0.25) is 4.79 Å². The molecule has 0 saturated heterocycles. The average Bonchev–Trinajstić information content (AvgIpc) is 3.01. The minimum Gasteiger partial charge on any atom is -0.338 e. The molecule has 0 unspecified atom stereocenters. The minimum absolute atomic E-state index is 0.111. The lowest BCUT2D eigenvalue weighted by Crippen LogP contribution is -2.28. The van der Waals surface area contributed by atoms with Gasteiger partial charge in [0.2, 0.25) is 0 Å². The molecule has 0 aliphatic heterocycles. The third kappa shape index (κ3) is 3.03. The van der Waals surface area contributed by atoms with Crippen LogP contribution in [0.25, 0.3) is 0 Å². The first-order valence-electron chi connectivity index (χ1n) is 5.89. The molecule has 0 atom stereocenters. The van der Waals surface area contributed by atoms with E-state index in [1.54, 1.807) is 7.05 Å². The van der Waals surface area contributed by atoms with Crippen LogP contribution in [0.4, 0.5) is 4.39 Å². The first kappa shape index (κ1) is 12.5. The summed E-state index contributed by atoms with van der Waals surface area (Å²) in [7, 11) is 1.63. The van der Waals surface area contributed by atoms with Crippen molar-refractivity contribution in [3.8, 4) is 0 Å². The fraction of sp³-hybridized carbons (Fsp3) is 0.667. The quantitative estimate of drug-likeness (QED) is 0.810. The van der Waals surface area contributed by atoms with E-state index in [1.165, 1.54) is 29.1 Å². The molecule has 2 rings (SSSR count). The molecule has 1 aromatic rings. The number of aryl methyl sites for hydroxylation is 1. The Balaban J connectivity index is 2.08. The summed E-state index contributed by atoms with van der Waals surface area (Å²) >= 11 is 1.47. The van der Waals surface area contributed by atoms with E-state index in [0.29, 0.717) is 4.88 Å². The minimum atomic E-state index is -0.505. The number of hydrogen-bond donors (Lipinski definition) is 0. The number of carbonyl (C=O) groups is 1. The second kappa shape index (κ2) is 5.12. The van der Waals surface area contributed by atoms with E-state index < -0.39 is 6.67 Å². The first-order valence-corrected chi connectivity index (χ1v) is 6.71. The van der Waals surface area contributed by atoms with Crippen molar-refractivity contribution in [1.29, 1.82) is 0 Å². The highest BCUT2D eigenvalue weighted by molar-refractivity contribution is 7.13. The normalized spacial score (nSPS) is 15.0. The maximum absolute atomic E-state index is 12.2. The Morgan fingerprint density at radius 1 is 1.59 bits per heavy atom. The van der Waals surface area contributed by atoms with Crippen LogP contribution >= 0.6 is 11.3 Å². The summed E-state index contributed by atoms with van der Waals surface area (Å²) in [6.07, 6.45) is 3.55. The van der Waals surface area contributed by atoms with Crippen LogP contribution in [0, 0.1) is 12.8 Å². The number of amides is 1. The molecule has 94 valence electrons. The van der Waals surface area contributed by atoms with Crippen molar-refractivity contribution in [3.05, 3.63) is 15.6 Å². The highest BCUT2D eigenvalue weighted by atomic mass is 32.1. The number of aromatic nitrogens is 1. The van der Waals surface area contributed by atoms with Gasteiger partial charge in [0.15, 0.2) is 0 Å². The molecule has 1 heterocycles. The van der Waals surface area contributed by atoms with Gasteiger partial charge in [-0.2, -0.15) is 0 Å². The van der Waals surface area contributed by atoms with Gasteiger partial charge in [0.25, 0.3) is 5.91 Å². The van der Waals surface area contributed by atoms with Gasteiger partial charge >= 0.3 is 0 Å². The molecular weight excluding hydrogens is 239 g/mol. The standard InChI is InChI=1S/C12H17FN2OS/c1-8-11(12(16)15(2)6-5-13)17-10(14-8)7-9-3-4-9/h9H,3-7H2,1-2H3. The van der Waals surface area contributed by atoms with Crippen molar-refractivity contribution in [2.45, 2.75) is 26.2 Å². The summed E-state index contributed by atoms with van der Waals surface area (Å²) < 4.78 is 12.2. The fourth-order valence-corrected chi connectivity index (χ4v) is 2.88. The van der Waals surface area contributed by atoms with Crippen LogP contribution in [0.2, 0.25) is 0 Å². The van der Waals surface area contributed by atoms with Crippen LogP contribution < -0.4 is 0 Å². The third-order valence-corrected chi connectivity index (χ3v) is 4.13. The molecule has 17 heavy (non-hydrogen) atoms. The molecule has 1 fully saturated rings. The van der Waals surface area contributed by atoms with Gasteiger partial charge < -0.3 is 4.90 Å². The van der Waals surface area contributed by atoms with E-state index >= 15 is 0 Å².